The zero-order valence-corrected chi connectivity index (χ0v) is 13.5. The monoisotopic (exact) mass is 276 g/mol. The van der Waals surface area contributed by atoms with Crippen LogP contribution in [0.3, 0.4) is 0 Å². The van der Waals surface area contributed by atoms with Gasteiger partial charge < -0.3 is 4.74 Å². The number of rotatable bonds is 5. The Kier molecular flexibility index (Phi) is 3.87. The lowest BCUT2D eigenvalue weighted by atomic mass is 9.97. The van der Waals surface area contributed by atoms with E-state index in [0.29, 0.717) is 16.7 Å². The number of hydrogen-bond acceptors (Lipinski definition) is 3. The van der Waals surface area contributed by atoms with Crippen LogP contribution in [0.2, 0.25) is 0 Å². The molecule has 3 heteroatoms. The molecule has 2 rings (SSSR count). The summed E-state index contributed by atoms with van der Waals surface area (Å²) in [4.78, 5) is 0. The lowest BCUT2D eigenvalue weighted by Crippen LogP contribution is -2.31. The molecule has 1 aromatic rings. The number of nitrogens with two attached hydrogens (primary N) is 1. The van der Waals surface area contributed by atoms with Gasteiger partial charge in [-0.05, 0) is 48.3 Å². The van der Waals surface area contributed by atoms with E-state index in [-0.39, 0.29) is 12.1 Å². The highest BCUT2D eigenvalue weighted by atomic mass is 16.5. The fraction of sp³-hybridized carbons (Fsp3) is 0.647. The van der Waals surface area contributed by atoms with Crippen molar-refractivity contribution in [2.75, 3.05) is 0 Å². The Morgan fingerprint density at radius 2 is 1.55 bits per heavy atom. The first-order chi connectivity index (χ1) is 9.21. The number of ether oxygens (including phenoxy) is 1. The SMILES string of the molecule is CC(C)Oc1ccc(C(NN)C2C(C)(C)C2(C)C)cc1. The van der Waals surface area contributed by atoms with Crippen LogP contribution in [0.25, 0.3) is 0 Å². The molecule has 1 fully saturated rings. The van der Waals surface area contributed by atoms with Crippen LogP contribution in [-0.4, -0.2) is 6.10 Å². The molecule has 0 bridgehead atoms. The molecule has 112 valence electrons. The zero-order valence-electron chi connectivity index (χ0n) is 13.5. The van der Waals surface area contributed by atoms with E-state index in [1.54, 1.807) is 0 Å². The molecule has 3 nitrogen and oxygen atoms in total. The highest BCUT2D eigenvalue weighted by Crippen LogP contribution is 2.72. The van der Waals surface area contributed by atoms with Gasteiger partial charge in [0.1, 0.15) is 5.75 Å². The van der Waals surface area contributed by atoms with Crippen molar-refractivity contribution in [3.05, 3.63) is 29.8 Å². The summed E-state index contributed by atoms with van der Waals surface area (Å²) in [5, 5.41) is 0. The van der Waals surface area contributed by atoms with E-state index in [0.717, 1.165) is 5.75 Å². The summed E-state index contributed by atoms with van der Waals surface area (Å²) < 4.78 is 5.69. The lowest BCUT2D eigenvalue weighted by Gasteiger charge is -2.19. The molecular formula is C17H28N2O. The molecule has 0 spiro atoms. The summed E-state index contributed by atoms with van der Waals surface area (Å²) in [5.74, 6) is 7.28. The van der Waals surface area contributed by atoms with Gasteiger partial charge in [0.25, 0.3) is 0 Å². The molecular weight excluding hydrogens is 248 g/mol. The molecule has 0 aromatic heterocycles. The fourth-order valence-electron chi connectivity index (χ4n) is 3.49. The maximum absolute atomic E-state index is 5.83. The summed E-state index contributed by atoms with van der Waals surface area (Å²) in [7, 11) is 0. The zero-order chi connectivity index (χ0) is 15.1. The third kappa shape index (κ3) is 2.45. The van der Waals surface area contributed by atoms with E-state index in [4.69, 9.17) is 10.6 Å². The van der Waals surface area contributed by atoms with Crippen molar-refractivity contribution in [2.45, 2.75) is 53.7 Å². The van der Waals surface area contributed by atoms with E-state index in [1.165, 1.54) is 5.56 Å². The Labute approximate surface area is 122 Å². The largest absolute Gasteiger partial charge is 0.491 e. The molecule has 1 atom stereocenters. The summed E-state index contributed by atoms with van der Waals surface area (Å²) in [6, 6.07) is 8.48. The van der Waals surface area contributed by atoms with Crippen LogP contribution < -0.4 is 16.0 Å². The molecule has 3 N–H and O–H groups in total. The first-order valence-electron chi connectivity index (χ1n) is 7.44. The molecule has 0 aliphatic heterocycles. The third-order valence-corrected chi connectivity index (χ3v) is 5.26. The van der Waals surface area contributed by atoms with Crippen LogP contribution in [0.15, 0.2) is 24.3 Å². The number of nitrogens with one attached hydrogen (secondary N) is 1. The first-order valence-corrected chi connectivity index (χ1v) is 7.44. The van der Waals surface area contributed by atoms with Crippen molar-refractivity contribution in [3.63, 3.8) is 0 Å². The molecule has 0 heterocycles. The molecule has 1 aliphatic carbocycles. The van der Waals surface area contributed by atoms with Crippen LogP contribution in [0.4, 0.5) is 0 Å². The molecule has 1 aromatic carbocycles. The average molecular weight is 276 g/mol. The van der Waals surface area contributed by atoms with Gasteiger partial charge in [-0.3, -0.25) is 11.3 Å². The van der Waals surface area contributed by atoms with E-state index in [1.807, 2.05) is 26.0 Å². The summed E-state index contributed by atoms with van der Waals surface area (Å²) in [5.41, 5.74) is 4.85. The van der Waals surface area contributed by atoms with Crippen molar-refractivity contribution < 1.29 is 4.74 Å². The van der Waals surface area contributed by atoms with Crippen molar-refractivity contribution in [1.29, 1.82) is 0 Å². The predicted octanol–water partition coefficient (Wildman–Crippen LogP) is 3.66. The van der Waals surface area contributed by atoms with E-state index < -0.39 is 0 Å². The highest BCUT2D eigenvalue weighted by Gasteiger charge is 2.67. The second-order valence-corrected chi connectivity index (χ2v) is 7.30. The minimum absolute atomic E-state index is 0.188. The Morgan fingerprint density at radius 1 is 1.05 bits per heavy atom. The summed E-state index contributed by atoms with van der Waals surface area (Å²) in [6.07, 6.45) is 0.200. The smallest absolute Gasteiger partial charge is 0.119 e. The summed E-state index contributed by atoms with van der Waals surface area (Å²) >= 11 is 0. The van der Waals surface area contributed by atoms with Gasteiger partial charge in [-0.2, -0.15) is 0 Å². The average Bonchev–Trinajstić information content (AvgIpc) is 2.74. The molecule has 0 amide bonds. The van der Waals surface area contributed by atoms with Crippen LogP contribution >= 0.6 is 0 Å². The normalized spacial score (nSPS) is 21.8. The van der Waals surface area contributed by atoms with Crippen LogP contribution in [-0.2, 0) is 0 Å². The maximum atomic E-state index is 5.83. The molecule has 20 heavy (non-hydrogen) atoms. The van der Waals surface area contributed by atoms with Gasteiger partial charge in [0.05, 0.1) is 6.10 Å². The Hall–Kier alpha value is -1.06. The maximum Gasteiger partial charge on any atom is 0.119 e. The molecule has 0 saturated heterocycles. The topological polar surface area (TPSA) is 47.3 Å². The van der Waals surface area contributed by atoms with Gasteiger partial charge in [0.2, 0.25) is 0 Å². The van der Waals surface area contributed by atoms with E-state index in [9.17, 15) is 0 Å². The molecule has 1 aliphatic rings. The van der Waals surface area contributed by atoms with E-state index in [2.05, 4.69) is 45.3 Å². The quantitative estimate of drug-likeness (QED) is 0.637. The van der Waals surface area contributed by atoms with Gasteiger partial charge in [-0.1, -0.05) is 39.8 Å². The van der Waals surface area contributed by atoms with Crippen molar-refractivity contribution >= 4 is 0 Å². The second-order valence-electron chi connectivity index (χ2n) is 7.30. The van der Waals surface area contributed by atoms with Crippen molar-refractivity contribution in [2.24, 2.45) is 22.6 Å². The Bertz CT molecular complexity index is 448. The highest BCUT2D eigenvalue weighted by molar-refractivity contribution is 5.32. The van der Waals surface area contributed by atoms with Crippen LogP contribution in [0.5, 0.6) is 5.75 Å². The number of benzene rings is 1. The predicted molar refractivity (Wildman–Crippen MR) is 83.3 cm³/mol. The van der Waals surface area contributed by atoms with Crippen molar-refractivity contribution in [1.82, 2.24) is 5.43 Å². The Balaban J connectivity index is 2.18. The fourth-order valence-corrected chi connectivity index (χ4v) is 3.49. The van der Waals surface area contributed by atoms with Gasteiger partial charge in [0, 0.05) is 6.04 Å². The van der Waals surface area contributed by atoms with Gasteiger partial charge in [-0.15, -0.1) is 0 Å². The second kappa shape index (κ2) is 5.05. The molecule has 1 unspecified atom stereocenters. The van der Waals surface area contributed by atoms with Gasteiger partial charge in [-0.25, -0.2) is 0 Å². The molecule has 0 radical (unpaired) electrons. The minimum Gasteiger partial charge on any atom is -0.491 e. The van der Waals surface area contributed by atoms with Crippen molar-refractivity contribution in [3.8, 4) is 5.75 Å². The minimum atomic E-state index is 0.188. The third-order valence-electron chi connectivity index (χ3n) is 5.26. The van der Waals surface area contributed by atoms with Crippen LogP contribution in [0, 0.1) is 16.7 Å². The first kappa shape index (κ1) is 15.3. The summed E-state index contributed by atoms with van der Waals surface area (Å²) in [6.45, 7) is 13.3. The number of hydrogen-bond donors (Lipinski definition) is 2. The van der Waals surface area contributed by atoms with Gasteiger partial charge in [0.15, 0.2) is 0 Å². The van der Waals surface area contributed by atoms with Crippen LogP contribution in [0.1, 0.15) is 53.1 Å². The lowest BCUT2D eigenvalue weighted by molar-refractivity contribution is 0.242. The molecule has 1 saturated carbocycles. The van der Waals surface area contributed by atoms with E-state index >= 15 is 0 Å². The standard InChI is InChI=1S/C17H28N2O/c1-11(2)20-13-9-7-12(8-10-13)14(19-18)15-16(3,4)17(15,5)6/h7-11,14-15,19H,18H2,1-6H3. The number of hydrazine groups is 1. The Morgan fingerprint density at radius 3 is 1.90 bits per heavy atom. The van der Waals surface area contributed by atoms with Gasteiger partial charge >= 0.3 is 0 Å².